The number of fused-ring (bicyclic) bond motifs is 1. The minimum Gasteiger partial charge on any atom is -0.710 e. The van der Waals surface area contributed by atoms with Crippen molar-refractivity contribution in [3.05, 3.63) is 61.4 Å². The van der Waals surface area contributed by atoms with Crippen LogP contribution < -0.4 is 19.5 Å². The Morgan fingerprint density at radius 1 is 1.26 bits per heavy atom. The lowest BCUT2D eigenvalue weighted by Crippen LogP contribution is -2.44. The Balaban J connectivity index is 2.10. The Hall–Kier alpha value is -3.98. The molecule has 1 N–H and O–H groups in total. The topological polar surface area (TPSA) is 159 Å². The Morgan fingerprint density at radius 3 is 2.59 bits per heavy atom. The highest BCUT2D eigenvalue weighted by molar-refractivity contribution is 7.17. The number of aromatic nitrogens is 2. The second kappa shape index (κ2) is 6.73. The van der Waals surface area contributed by atoms with Gasteiger partial charge in [-0.2, -0.15) is 10.6 Å². The third-order valence-electron chi connectivity index (χ3n) is 3.58. The van der Waals surface area contributed by atoms with E-state index in [9.17, 15) is 30.6 Å². The molecule has 3 rings (SSSR count). The third kappa shape index (κ3) is 3.02. The van der Waals surface area contributed by atoms with Gasteiger partial charge in [0.2, 0.25) is 5.52 Å². The Labute approximate surface area is 154 Å². The molecule has 0 unspecified atom stereocenters. The quantitative estimate of drug-likeness (QED) is 0.305. The number of anilines is 1. The molecule has 0 spiro atoms. The van der Waals surface area contributed by atoms with Gasteiger partial charge in [0, 0.05) is 6.07 Å². The largest absolute Gasteiger partial charge is 0.710 e. The average molecular weight is 387 g/mol. The standard InChI is InChI=1S/C15H9N5O6S/c1-26-8-2-3-9-10(6-8)18(22)11(7-16)14(19(9)23)17-15(21)12-4-5-13(27-12)20(24)25/h2-6H,1H3,(H,17,21). The Morgan fingerprint density at radius 2 is 2.00 bits per heavy atom. The van der Waals surface area contributed by atoms with E-state index in [1.165, 1.54) is 31.4 Å². The van der Waals surface area contributed by atoms with Gasteiger partial charge in [0.25, 0.3) is 5.52 Å². The summed E-state index contributed by atoms with van der Waals surface area (Å²) >= 11 is 0.594. The van der Waals surface area contributed by atoms with Crippen molar-refractivity contribution >= 4 is 39.1 Å². The summed E-state index contributed by atoms with van der Waals surface area (Å²) in [6, 6.07) is 7.96. The monoisotopic (exact) mass is 387 g/mol. The molecule has 11 nitrogen and oxygen atoms in total. The van der Waals surface area contributed by atoms with Gasteiger partial charge in [-0.3, -0.25) is 10.1 Å². The van der Waals surface area contributed by atoms with E-state index in [4.69, 9.17) is 4.74 Å². The molecule has 0 atom stereocenters. The number of nitrogens with one attached hydrogen (secondary N) is 1. The van der Waals surface area contributed by atoms with E-state index in [1.54, 1.807) is 6.07 Å². The lowest BCUT2D eigenvalue weighted by atomic mass is 10.2. The summed E-state index contributed by atoms with van der Waals surface area (Å²) < 4.78 is 5.44. The van der Waals surface area contributed by atoms with E-state index >= 15 is 0 Å². The molecular formula is C15H9N5O6S. The summed E-state index contributed by atoms with van der Waals surface area (Å²) in [6.07, 6.45) is 0. The van der Waals surface area contributed by atoms with E-state index < -0.39 is 22.3 Å². The fourth-order valence-electron chi connectivity index (χ4n) is 2.32. The molecule has 12 heteroatoms. The number of ether oxygens (including phenoxy) is 1. The molecule has 3 aromatic rings. The first kappa shape index (κ1) is 17.8. The number of nitriles is 1. The van der Waals surface area contributed by atoms with E-state index in [2.05, 4.69) is 5.32 Å². The molecule has 0 bridgehead atoms. The number of thiophene rings is 1. The van der Waals surface area contributed by atoms with Crippen LogP contribution in [0.3, 0.4) is 0 Å². The molecule has 136 valence electrons. The van der Waals surface area contributed by atoms with Crippen molar-refractivity contribution in [2.45, 2.75) is 0 Å². The van der Waals surface area contributed by atoms with Gasteiger partial charge in [0.1, 0.15) is 10.6 Å². The molecule has 1 aromatic carbocycles. The number of amides is 1. The molecule has 2 heterocycles. The maximum Gasteiger partial charge on any atom is 0.386 e. The second-order valence-electron chi connectivity index (χ2n) is 5.10. The number of methoxy groups -OCH3 is 1. The van der Waals surface area contributed by atoms with E-state index in [-0.39, 0.29) is 30.4 Å². The summed E-state index contributed by atoms with van der Waals surface area (Å²) in [5.41, 5.74) is -0.854. The summed E-state index contributed by atoms with van der Waals surface area (Å²) in [6.45, 7) is 0. The van der Waals surface area contributed by atoms with Gasteiger partial charge in [-0.1, -0.05) is 11.3 Å². The maximum absolute atomic E-state index is 12.6. The fraction of sp³-hybridized carbons (Fsp3) is 0.0667. The third-order valence-corrected chi connectivity index (χ3v) is 4.62. The van der Waals surface area contributed by atoms with Crippen LogP contribution in [0, 0.1) is 31.9 Å². The molecule has 0 aliphatic rings. The number of hydrogen-bond donors (Lipinski definition) is 1. The first-order chi connectivity index (χ1) is 12.9. The zero-order valence-corrected chi connectivity index (χ0v) is 14.3. The van der Waals surface area contributed by atoms with Crippen molar-refractivity contribution in [3.8, 4) is 11.8 Å². The van der Waals surface area contributed by atoms with Crippen LogP contribution in [-0.4, -0.2) is 17.9 Å². The lowest BCUT2D eigenvalue weighted by Gasteiger charge is -2.13. The number of carbonyl (C=O) groups excluding carboxylic acids is 1. The van der Waals surface area contributed by atoms with E-state index in [1.807, 2.05) is 0 Å². The molecule has 0 aliphatic heterocycles. The lowest BCUT2D eigenvalue weighted by molar-refractivity contribution is -0.620. The van der Waals surface area contributed by atoms with Crippen molar-refractivity contribution < 1.29 is 23.9 Å². The number of nitro groups is 1. The molecule has 0 radical (unpaired) electrons. The van der Waals surface area contributed by atoms with Gasteiger partial charge in [-0.15, -0.1) is 4.73 Å². The number of benzene rings is 1. The van der Waals surface area contributed by atoms with Crippen LogP contribution in [0.25, 0.3) is 11.0 Å². The van der Waals surface area contributed by atoms with Crippen LogP contribution in [0.2, 0.25) is 0 Å². The van der Waals surface area contributed by atoms with Gasteiger partial charge in [-0.25, -0.2) is 9.52 Å². The highest BCUT2D eigenvalue weighted by Crippen LogP contribution is 2.25. The van der Waals surface area contributed by atoms with Gasteiger partial charge < -0.3 is 15.2 Å². The minimum atomic E-state index is -0.859. The van der Waals surface area contributed by atoms with Crippen LogP contribution >= 0.6 is 11.3 Å². The maximum atomic E-state index is 12.6. The minimum absolute atomic E-state index is 0.0575. The van der Waals surface area contributed by atoms with E-state index in [0.717, 1.165) is 6.07 Å². The molecule has 0 fully saturated rings. The van der Waals surface area contributed by atoms with Crippen LogP contribution in [0.5, 0.6) is 5.75 Å². The number of nitrogens with zero attached hydrogens (tertiary/aromatic N) is 4. The Bertz CT molecular complexity index is 1140. The summed E-state index contributed by atoms with van der Waals surface area (Å²) in [4.78, 5) is 22.3. The number of rotatable bonds is 4. The predicted molar refractivity (Wildman–Crippen MR) is 92.1 cm³/mol. The highest BCUT2D eigenvalue weighted by Gasteiger charge is 2.30. The fourth-order valence-corrected chi connectivity index (χ4v) is 3.04. The van der Waals surface area contributed by atoms with Crippen molar-refractivity contribution in [2.24, 2.45) is 0 Å². The van der Waals surface area contributed by atoms with Gasteiger partial charge in [0.05, 0.1) is 18.1 Å². The SMILES string of the molecule is COc1ccc2c(c1)[n+]([O-])c(C#N)c(NC(=O)c1ccc([N+](=O)[O-])s1)[n+]2[O-]. The number of carbonyl (C=O) groups is 1. The zero-order valence-electron chi connectivity index (χ0n) is 13.5. The first-order valence-electron chi connectivity index (χ1n) is 7.20. The van der Waals surface area contributed by atoms with E-state index in [0.29, 0.717) is 17.1 Å². The molecule has 27 heavy (non-hydrogen) atoms. The first-order valence-corrected chi connectivity index (χ1v) is 8.01. The predicted octanol–water partition coefficient (Wildman–Crippen LogP) is 1.21. The van der Waals surface area contributed by atoms with Crippen molar-refractivity contribution in [2.75, 3.05) is 12.4 Å². The molecule has 1 amide bonds. The van der Waals surface area contributed by atoms with Crippen LogP contribution in [-0.2, 0) is 0 Å². The zero-order chi connectivity index (χ0) is 19.7. The summed E-state index contributed by atoms with van der Waals surface area (Å²) in [7, 11) is 1.38. The molecule has 0 saturated heterocycles. The molecule has 0 saturated carbocycles. The second-order valence-corrected chi connectivity index (χ2v) is 6.16. The van der Waals surface area contributed by atoms with Gasteiger partial charge >= 0.3 is 22.4 Å². The van der Waals surface area contributed by atoms with Crippen LogP contribution in [0.1, 0.15) is 15.4 Å². The Kier molecular flexibility index (Phi) is 4.44. The molecule has 0 aliphatic carbocycles. The van der Waals surface area contributed by atoms with Gasteiger partial charge in [-0.05, 0) is 18.2 Å². The smallest absolute Gasteiger partial charge is 0.386 e. The molecule has 2 aromatic heterocycles. The van der Waals surface area contributed by atoms with Crippen molar-refractivity contribution in [1.29, 1.82) is 5.26 Å². The van der Waals surface area contributed by atoms with Crippen LogP contribution in [0.4, 0.5) is 10.8 Å². The normalized spacial score (nSPS) is 10.4. The van der Waals surface area contributed by atoms with Crippen LogP contribution in [0.15, 0.2) is 30.3 Å². The average Bonchev–Trinajstić information content (AvgIpc) is 3.16. The number of hydrogen-bond acceptors (Lipinski definition) is 8. The van der Waals surface area contributed by atoms with Crippen molar-refractivity contribution in [3.63, 3.8) is 0 Å². The van der Waals surface area contributed by atoms with Crippen molar-refractivity contribution in [1.82, 2.24) is 0 Å². The summed E-state index contributed by atoms with van der Waals surface area (Å²) in [5, 5.41) is 47.0. The highest BCUT2D eigenvalue weighted by atomic mass is 32.1. The molecular weight excluding hydrogens is 378 g/mol. The van der Waals surface area contributed by atoms with Gasteiger partial charge in [0.15, 0.2) is 6.07 Å². The summed E-state index contributed by atoms with van der Waals surface area (Å²) in [5.74, 6) is -1.13.